The Bertz CT molecular complexity index is 106. The van der Waals surface area contributed by atoms with Crippen molar-refractivity contribution in [2.75, 3.05) is 0 Å². The van der Waals surface area contributed by atoms with Crippen LogP contribution >= 0.6 is 12.2 Å². The van der Waals surface area contributed by atoms with E-state index in [-0.39, 0.29) is 9.85 Å². The van der Waals surface area contributed by atoms with Crippen molar-refractivity contribution in [2.24, 2.45) is 16.5 Å². The average Bonchev–Trinajstić information content (AvgIpc) is 1.27. The Balaban J connectivity index is 3.68. The molecule has 0 aromatic rings. The number of thiocarbonyl (C=S) groups is 1. The minimum absolute atomic E-state index is 0.0521. The fourth-order valence-corrected chi connectivity index (χ4v) is 0.544. The van der Waals surface area contributed by atoms with Crippen LogP contribution in [0.3, 0.4) is 0 Å². The summed E-state index contributed by atoms with van der Waals surface area (Å²) in [6.07, 6.45) is 0. The molecule has 1 radical (unpaired) electrons. The third-order valence-corrected chi connectivity index (χ3v) is 0.503. The average molecular weight is 181 g/mol. The molecule has 0 bridgehead atoms. The summed E-state index contributed by atoms with van der Waals surface area (Å²) in [5, 5.41) is 0.0521. The number of rotatable bonds is 0. The van der Waals surface area contributed by atoms with Gasteiger partial charge in [0.15, 0.2) is 0 Å². The molecule has 0 saturated carbocycles. The molecule has 5 heteroatoms. The molecule has 0 atom stereocenters. The quantitative estimate of drug-likeness (QED) is 0.211. The molecular weight excluding hydrogens is 177 g/mol. The first-order valence-corrected chi connectivity index (χ1v) is 2.70. The zero-order chi connectivity index (χ0) is 5.86. The van der Waals surface area contributed by atoms with E-state index < -0.39 is 0 Å². The molecule has 0 aromatic heterocycles. The normalized spacial score (nSPS) is 11.1. The second-order valence-electron chi connectivity index (χ2n) is 0.788. The molecule has 0 amide bonds. The van der Waals surface area contributed by atoms with Crippen molar-refractivity contribution in [1.82, 2.24) is 0 Å². The van der Waals surface area contributed by atoms with E-state index in [1.165, 1.54) is 0 Å². The number of nitrogens with two attached hydrogens (primary N) is 2. The summed E-state index contributed by atoms with van der Waals surface area (Å²) in [6, 6.07) is 0. The summed E-state index contributed by atoms with van der Waals surface area (Å²) in [5.41, 5.74) is 9.96. The molecule has 0 spiro atoms. The zero-order valence-corrected chi connectivity index (χ0v) is 5.95. The predicted octanol–water partition coefficient (Wildman–Crippen LogP) is -1.29. The van der Waals surface area contributed by atoms with Gasteiger partial charge < -0.3 is 0 Å². The molecule has 0 aliphatic heterocycles. The number of hydrogen-bond acceptors (Lipinski definition) is 1. The topological polar surface area (TPSA) is 64.4 Å². The van der Waals surface area contributed by atoms with Crippen LogP contribution in [0.25, 0.3) is 0 Å². The molecule has 0 aliphatic rings. The first kappa shape index (κ1) is 6.88. The maximum absolute atomic E-state index is 5.02. The second kappa shape index (κ2) is 2.96. The molecule has 0 heterocycles. The molecule has 3 nitrogen and oxygen atoms in total. The standard InChI is InChI=1S/C2H4N3SSe/c3-1(6)5-2(4)7/h(H4,3,4,5,6). The van der Waals surface area contributed by atoms with Crippen LogP contribution in [-0.4, -0.2) is 25.9 Å². The molecule has 0 unspecified atom stereocenters. The van der Waals surface area contributed by atoms with E-state index in [1.54, 1.807) is 0 Å². The van der Waals surface area contributed by atoms with Crippen molar-refractivity contribution in [1.29, 1.82) is 0 Å². The van der Waals surface area contributed by atoms with E-state index in [0.29, 0.717) is 0 Å². The van der Waals surface area contributed by atoms with Crippen LogP contribution in [0, 0.1) is 0 Å². The molecule has 7 heavy (non-hydrogen) atoms. The van der Waals surface area contributed by atoms with Crippen molar-refractivity contribution in [3.63, 3.8) is 0 Å². The Morgan fingerprint density at radius 3 is 2.00 bits per heavy atom. The summed E-state index contributed by atoms with van der Waals surface area (Å²) in [5.74, 6) is 0. The summed E-state index contributed by atoms with van der Waals surface area (Å²) < 4.78 is 0.271. The van der Waals surface area contributed by atoms with Crippen LogP contribution in [0.15, 0.2) is 4.99 Å². The van der Waals surface area contributed by atoms with E-state index in [4.69, 9.17) is 11.5 Å². The van der Waals surface area contributed by atoms with Crippen LogP contribution in [0.2, 0.25) is 0 Å². The fourth-order valence-electron chi connectivity index (χ4n) is 0.109. The van der Waals surface area contributed by atoms with Gasteiger partial charge in [-0.25, -0.2) is 0 Å². The van der Waals surface area contributed by atoms with Crippen LogP contribution in [0.5, 0.6) is 0 Å². The first-order chi connectivity index (χ1) is 3.13. The monoisotopic (exact) mass is 182 g/mol. The Morgan fingerprint density at radius 1 is 1.57 bits per heavy atom. The molecule has 0 fully saturated rings. The van der Waals surface area contributed by atoms with Crippen molar-refractivity contribution in [3.8, 4) is 0 Å². The van der Waals surface area contributed by atoms with Gasteiger partial charge in [0.25, 0.3) is 0 Å². The Kier molecular flexibility index (Phi) is 2.91. The molecular formula is C2H4N3SSe. The Morgan fingerprint density at radius 2 is 2.00 bits per heavy atom. The number of nitrogens with zero attached hydrogens (tertiary/aromatic N) is 1. The number of aliphatic imine (C=N–C) groups is 1. The van der Waals surface area contributed by atoms with E-state index in [2.05, 4.69) is 33.2 Å². The van der Waals surface area contributed by atoms with Gasteiger partial charge in [0.1, 0.15) is 0 Å². The van der Waals surface area contributed by atoms with E-state index in [9.17, 15) is 0 Å². The van der Waals surface area contributed by atoms with Gasteiger partial charge in [-0.2, -0.15) is 0 Å². The number of amidine groups is 1. The van der Waals surface area contributed by atoms with Gasteiger partial charge in [-0.3, -0.25) is 0 Å². The summed E-state index contributed by atoms with van der Waals surface area (Å²) in [4.78, 5) is 3.43. The zero-order valence-electron chi connectivity index (χ0n) is 3.42. The second-order valence-corrected chi connectivity index (χ2v) is 2.08. The van der Waals surface area contributed by atoms with Crippen LogP contribution in [0.1, 0.15) is 0 Å². The molecule has 4 N–H and O–H groups in total. The molecule has 0 aliphatic carbocycles. The molecule has 0 aromatic carbocycles. The van der Waals surface area contributed by atoms with Crippen LogP contribution in [0.4, 0.5) is 0 Å². The van der Waals surface area contributed by atoms with Gasteiger partial charge in [0.05, 0.1) is 0 Å². The van der Waals surface area contributed by atoms with Crippen molar-refractivity contribution in [3.05, 3.63) is 0 Å². The Hall–Kier alpha value is -0.121. The van der Waals surface area contributed by atoms with E-state index >= 15 is 0 Å². The first-order valence-electron chi connectivity index (χ1n) is 1.43. The molecule has 0 rings (SSSR count). The van der Waals surface area contributed by atoms with Gasteiger partial charge in [-0.15, -0.1) is 0 Å². The van der Waals surface area contributed by atoms with E-state index in [1.807, 2.05) is 0 Å². The van der Waals surface area contributed by atoms with Crippen LogP contribution < -0.4 is 11.5 Å². The summed E-state index contributed by atoms with van der Waals surface area (Å²) in [7, 11) is 0. The summed E-state index contributed by atoms with van der Waals surface area (Å²) in [6.45, 7) is 0. The Labute approximate surface area is 55.0 Å². The van der Waals surface area contributed by atoms with Crippen LogP contribution in [-0.2, 0) is 0 Å². The SMILES string of the molecule is NC(=S)/N=C(/N)[Se]. The van der Waals surface area contributed by atoms with Crippen molar-refractivity contribution in [2.45, 2.75) is 0 Å². The van der Waals surface area contributed by atoms with Gasteiger partial charge >= 0.3 is 54.5 Å². The minimum atomic E-state index is 0.0521. The molecule has 39 valence electrons. The van der Waals surface area contributed by atoms with Gasteiger partial charge in [0.2, 0.25) is 0 Å². The fraction of sp³-hybridized carbons (Fsp3) is 0. The maximum atomic E-state index is 5.02. The number of hydrogen-bond donors (Lipinski definition) is 2. The predicted molar refractivity (Wildman–Crippen MR) is 34.2 cm³/mol. The van der Waals surface area contributed by atoms with E-state index in [0.717, 1.165) is 0 Å². The van der Waals surface area contributed by atoms with Gasteiger partial charge in [0, 0.05) is 0 Å². The molecule has 0 saturated heterocycles. The third kappa shape index (κ3) is 5.88. The van der Waals surface area contributed by atoms with Gasteiger partial charge in [-0.05, 0) is 0 Å². The van der Waals surface area contributed by atoms with Crippen molar-refractivity contribution < 1.29 is 0 Å². The summed E-state index contributed by atoms with van der Waals surface area (Å²) >= 11 is 6.79. The third-order valence-electron chi connectivity index (χ3n) is 0.220. The van der Waals surface area contributed by atoms with Crippen molar-refractivity contribution >= 4 is 38.1 Å². The van der Waals surface area contributed by atoms with Gasteiger partial charge in [-0.1, -0.05) is 0 Å².